The second-order valence-electron chi connectivity index (χ2n) is 10.4. The highest BCUT2D eigenvalue weighted by Gasteiger charge is 2.42. The molecule has 37 heavy (non-hydrogen) atoms. The summed E-state index contributed by atoms with van der Waals surface area (Å²) in [6.07, 6.45) is 2.13. The molecular formula is C25H31N7O5. The molecule has 12 heteroatoms. The zero-order valence-corrected chi connectivity index (χ0v) is 21.5. The molecule has 196 valence electrons. The smallest absolute Gasteiger partial charge is 0.332 e. The quantitative estimate of drug-likeness (QED) is 0.411. The first-order chi connectivity index (χ1) is 17.4. The molecule has 3 aromatic heterocycles. The maximum Gasteiger partial charge on any atom is 0.332 e. The summed E-state index contributed by atoms with van der Waals surface area (Å²) in [5.41, 5.74) is -0.238. The third kappa shape index (κ3) is 3.96. The Bertz CT molecular complexity index is 1640. The number of hydrogen-bond donors (Lipinski definition) is 2. The second-order valence-corrected chi connectivity index (χ2v) is 10.4. The van der Waals surface area contributed by atoms with E-state index in [0.717, 1.165) is 10.1 Å². The number of β-amino-alcohol motifs (C(OH)–C–C–N with tert-alkyl or cyclic N) is 1. The van der Waals surface area contributed by atoms with Gasteiger partial charge in [0.15, 0.2) is 11.2 Å². The van der Waals surface area contributed by atoms with E-state index in [2.05, 4.69) is 23.8 Å². The van der Waals surface area contributed by atoms with E-state index < -0.39 is 29.0 Å². The molecule has 0 spiro atoms. The summed E-state index contributed by atoms with van der Waals surface area (Å²) < 4.78 is 5.78. The third-order valence-corrected chi connectivity index (χ3v) is 7.37. The number of carbonyl (C=O) groups excluding carboxylic acids is 1. The minimum atomic E-state index is -1.48. The van der Waals surface area contributed by atoms with E-state index in [0.29, 0.717) is 11.1 Å². The van der Waals surface area contributed by atoms with E-state index in [1.165, 1.54) is 34.5 Å². The van der Waals surface area contributed by atoms with Crippen LogP contribution in [0.5, 0.6) is 0 Å². The van der Waals surface area contributed by atoms with Crippen LogP contribution in [-0.2, 0) is 14.1 Å². The number of carbonyl (C=O) groups is 1. The highest BCUT2D eigenvalue weighted by Crippen LogP contribution is 2.34. The van der Waals surface area contributed by atoms with E-state index >= 15 is 0 Å². The van der Waals surface area contributed by atoms with E-state index in [-0.39, 0.29) is 42.6 Å². The largest absolute Gasteiger partial charge is 0.391 e. The van der Waals surface area contributed by atoms with Gasteiger partial charge >= 0.3 is 5.69 Å². The van der Waals surface area contributed by atoms with Gasteiger partial charge in [-0.2, -0.15) is 0 Å². The summed E-state index contributed by atoms with van der Waals surface area (Å²) in [5.74, 6) is -0.326. The van der Waals surface area contributed by atoms with Crippen LogP contribution in [0.1, 0.15) is 49.6 Å². The summed E-state index contributed by atoms with van der Waals surface area (Å²) in [6, 6.07) is 4.71. The van der Waals surface area contributed by atoms with Crippen LogP contribution in [0, 0.1) is 0 Å². The van der Waals surface area contributed by atoms with Crippen LogP contribution >= 0.6 is 0 Å². The molecule has 0 unspecified atom stereocenters. The number of aromatic nitrogens is 6. The molecule has 3 atom stereocenters. The van der Waals surface area contributed by atoms with Crippen LogP contribution in [0.2, 0.25) is 0 Å². The summed E-state index contributed by atoms with van der Waals surface area (Å²) >= 11 is 0. The molecule has 0 radical (unpaired) electrons. The number of likely N-dealkylation sites (tertiary alicyclic amines) is 1. The minimum Gasteiger partial charge on any atom is -0.391 e. The Morgan fingerprint density at radius 3 is 2.54 bits per heavy atom. The molecule has 4 aromatic rings. The normalized spacial score (nSPS) is 22.8. The minimum absolute atomic E-state index is 0.00702. The lowest BCUT2D eigenvalue weighted by Gasteiger charge is -2.34. The van der Waals surface area contributed by atoms with Gasteiger partial charge in [0, 0.05) is 45.2 Å². The van der Waals surface area contributed by atoms with E-state index in [9.17, 15) is 24.6 Å². The molecule has 1 aliphatic rings. The van der Waals surface area contributed by atoms with Crippen molar-refractivity contribution in [3.05, 3.63) is 57.3 Å². The molecule has 1 amide bonds. The molecule has 1 saturated heterocycles. The molecule has 0 aliphatic carbocycles. The van der Waals surface area contributed by atoms with Gasteiger partial charge in [0.05, 0.1) is 41.4 Å². The summed E-state index contributed by atoms with van der Waals surface area (Å²) in [6.45, 7) is 5.69. The first-order valence-electron chi connectivity index (χ1n) is 12.2. The van der Waals surface area contributed by atoms with Crippen LogP contribution in [0.4, 0.5) is 0 Å². The zero-order valence-electron chi connectivity index (χ0n) is 21.5. The standard InChI is InChI=1S/C25H31N7O5/c1-14(2)31-12-26-17-8-15(6-7-18(17)31)22(34)30-10-16(33)9-25(3,37)19(11-30)32-13-27-21-20(32)23(35)29(5)24(36)28(21)4/h6-8,12-14,16,19,33,37H,9-11H2,1-5H3/t16-,19+,25+/m0/s1. The van der Waals surface area contributed by atoms with Crippen LogP contribution in [0.3, 0.4) is 0 Å². The molecule has 1 fully saturated rings. The van der Waals surface area contributed by atoms with E-state index in [1.807, 2.05) is 10.6 Å². The van der Waals surface area contributed by atoms with Gasteiger partial charge in [-0.05, 0) is 39.0 Å². The van der Waals surface area contributed by atoms with Crippen molar-refractivity contribution >= 4 is 28.1 Å². The lowest BCUT2D eigenvalue weighted by molar-refractivity contribution is -0.0216. The second kappa shape index (κ2) is 8.67. The predicted octanol–water partition coefficient (Wildman–Crippen LogP) is 0.563. The van der Waals surface area contributed by atoms with Gasteiger partial charge < -0.3 is 24.2 Å². The van der Waals surface area contributed by atoms with Crippen LogP contribution in [0.25, 0.3) is 22.2 Å². The van der Waals surface area contributed by atoms with E-state index in [4.69, 9.17) is 0 Å². The number of nitrogens with zero attached hydrogens (tertiary/aromatic N) is 7. The lowest BCUT2D eigenvalue weighted by Crippen LogP contribution is -2.44. The average Bonchev–Trinajstić information content (AvgIpc) is 3.44. The molecule has 12 nitrogen and oxygen atoms in total. The number of rotatable bonds is 3. The van der Waals surface area contributed by atoms with Crippen molar-refractivity contribution in [3.8, 4) is 0 Å². The molecule has 0 bridgehead atoms. The Morgan fingerprint density at radius 1 is 1.11 bits per heavy atom. The van der Waals surface area contributed by atoms with Crippen molar-refractivity contribution in [2.45, 2.75) is 51.0 Å². The Hall–Kier alpha value is -3.77. The summed E-state index contributed by atoms with van der Waals surface area (Å²) in [7, 11) is 2.89. The van der Waals surface area contributed by atoms with Crippen LogP contribution in [-0.4, -0.2) is 74.1 Å². The third-order valence-electron chi connectivity index (χ3n) is 7.37. The van der Waals surface area contributed by atoms with Crippen LogP contribution in [0.15, 0.2) is 40.4 Å². The number of aryl methyl sites for hydroxylation is 1. The molecular weight excluding hydrogens is 478 g/mol. The number of amides is 1. The number of aliphatic hydroxyl groups is 2. The topological polar surface area (TPSA) is 140 Å². The first kappa shape index (κ1) is 24.9. The van der Waals surface area contributed by atoms with Crippen LogP contribution < -0.4 is 11.2 Å². The maximum absolute atomic E-state index is 13.7. The number of hydrogen-bond acceptors (Lipinski definition) is 7. The monoisotopic (exact) mass is 509 g/mol. The molecule has 2 N–H and O–H groups in total. The zero-order chi connectivity index (χ0) is 26.8. The van der Waals surface area contributed by atoms with Crippen molar-refractivity contribution in [2.24, 2.45) is 14.1 Å². The molecule has 5 rings (SSSR count). The first-order valence-corrected chi connectivity index (χ1v) is 12.2. The number of imidazole rings is 2. The van der Waals surface area contributed by atoms with Gasteiger partial charge in [-0.25, -0.2) is 14.8 Å². The van der Waals surface area contributed by atoms with E-state index in [1.54, 1.807) is 25.4 Å². The van der Waals surface area contributed by atoms with Gasteiger partial charge in [0.25, 0.3) is 11.5 Å². The summed E-state index contributed by atoms with van der Waals surface area (Å²) in [4.78, 5) is 49.3. The fraction of sp³-hybridized carbons (Fsp3) is 0.480. The molecule has 0 saturated carbocycles. The number of benzene rings is 1. The van der Waals surface area contributed by atoms with Crippen molar-refractivity contribution in [1.82, 2.24) is 33.1 Å². The van der Waals surface area contributed by atoms with Crippen molar-refractivity contribution < 1.29 is 15.0 Å². The van der Waals surface area contributed by atoms with Gasteiger partial charge in [-0.1, -0.05) is 0 Å². The lowest BCUT2D eigenvalue weighted by atomic mass is 9.91. The van der Waals surface area contributed by atoms with Gasteiger partial charge in [-0.15, -0.1) is 0 Å². The number of aliphatic hydroxyl groups excluding tert-OH is 1. The van der Waals surface area contributed by atoms with Crippen molar-refractivity contribution in [3.63, 3.8) is 0 Å². The SMILES string of the molecule is CC(C)n1cnc2cc(C(=O)N3C[C@@H](O)C[C@@](C)(O)[C@H](n4cnc5c4c(=O)n(C)c(=O)n5C)C3)ccc21. The average molecular weight is 510 g/mol. The molecule has 1 aliphatic heterocycles. The fourth-order valence-electron chi connectivity index (χ4n) is 5.32. The summed E-state index contributed by atoms with van der Waals surface area (Å²) in [5, 5.41) is 22.2. The fourth-order valence-corrected chi connectivity index (χ4v) is 5.32. The highest BCUT2D eigenvalue weighted by molar-refractivity contribution is 5.97. The maximum atomic E-state index is 13.7. The molecule has 1 aromatic carbocycles. The Kier molecular flexibility index (Phi) is 5.83. The number of fused-ring (bicyclic) bond motifs is 2. The van der Waals surface area contributed by atoms with Gasteiger partial charge in [0.2, 0.25) is 0 Å². The Balaban J connectivity index is 1.58. The van der Waals surface area contributed by atoms with Gasteiger partial charge in [-0.3, -0.25) is 18.7 Å². The predicted molar refractivity (Wildman–Crippen MR) is 137 cm³/mol. The Morgan fingerprint density at radius 2 is 1.84 bits per heavy atom. The molecule has 4 heterocycles. The highest BCUT2D eigenvalue weighted by atomic mass is 16.3. The Labute approximate surface area is 212 Å². The van der Waals surface area contributed by atoms with Crippen molar-refractivity contribution in [2.75, 3.05) is 13.1 Å². The van der Waals surface area contributed by atoms with Crippen molar-refractivity contribution in [1.29, 1.82) is 0 Å². The van der Waals surface area contributed by atoms with Gasteiger partial charge in [0.1, 0.15) is 0 Å².